The van der Waals surface area contributed by atoms with E-state index in [1.807, 2.05) is 43.6 Å². The number of esters is 1. The van der Waals surface area contributed by atoms with Crippen LogP contribution in [0.25, 0.3) is 0 Å². The molecule has 4 heteroatoms. The smallest absolute Gasteiger partial charge is 0.340 e. The molecule has 0 saturated heterocycles. The highest BCUT2D eigenvalue weighted by Gasteiger charge is 2.39. The van der Waals surface area contributed by atoms with Gasteiger partial charge in [0.2, 0.25) is 0 Å². The number of anilines is 1. The summed E-state index contributed by atoms with van der Waals surface area (Å²) in [5.41, 5.74) is 3.91. The van der Waals surface area contributed by atoms with E-state index in [2.05, 4.69) is 28.5 Å². The topological polar surface area (TPSA) is 51.2 Å². The lowest BCUT2D eigenvalue weighted by Crippen LogP contribution is -2.30. The van der Waals surface area contributed by atoms with Crippen molar-refractivity contribution in [1.29, 1.82) is 0 Å². The molecule has 1 aromatic heterocycles. The predicted octanol–water partition coefficient (Wildman–Crippen LogP) is 4.08. The van der Waals surface area contributed by atoms with Crippen molar-refractivity contribution < 1.29 is 9.53 Å². The van der Waals surface area contributed by atoms with E-state index in [0.29, 0.717) is 24.0 Å². The highest BCUT2D eigenvalue weighted by molar-refractivity contribution is 5.97. The van der Waals surface area contributed by atoms with Gasteiger partial charge in [0.25, 0.3) is 0 Å². The zero-order valence-electron chi connectivity index (χ0n) is 13.6. The van der Waals surface area contributed by atoms with E-state index < -0.39 is 0 Å². The Labute approximate surface area is 141 Å². The van der Waals surface area contributed by atoms with Gasteiger partial charge in [0.15, 0.2) is 0 Å². The number of ether oxygens (including phenoxy) is 1. The summed E-state index contributed by atoms with van der Waals surface area (Å²) < 4.78 is 5.24. The van der Waals surface area contributed by atoms with Gasteiger partial charge >= 0.3 is 5.97 Å². The van der Waals surface area contributed by atoms with E-state index >= 15 is 0 Å². The number of allylic oxidation sites excluding steroid dienone is 2. The van der Waals surface area contributed by atoms with E-state index in [4.69, 9.17) is 4.74 Å². The van der Waals surface area contributed by atoms with Gasteiger partial charge in [-0.25, -0.2) is 4.79 Å². The molecule has 4 rings (SSSR count). The van der Waals surface area contributed by atoms with Gasteiger partial charge in [-0.2, -0.15) is 0 Å². The molecule has 122 valence electrons. The third kappa shape index (κ3) is 2.39. The van der Waals surface area contributed by atoms with Crippen molar-refractivity contribution in [2.75, 3.05) is 11.9 Å². The largest absolute Gasteiger partial charge is 0.462 e. The molecule has 2 aromatic rings. The Morgan fingerprint density at radius 1 is 1.29 bits per heavy atom. The van der Waals surface area contributed by atoms with Gasteiger partial charge in [-0.3, -0.25) is 4.98 Å². The molecule has 1 aliphatic heterocycles. The molecule has 0 radical (unpaired) electrons. The van der Waals surface area contributed by atoms with Crippen molar-refractivity contribution in [3.8, 4) is 0 Å². The molecule has 0 bridgehead atoms. The maximum Gasteiger partial charge on any atom is 0.340 e. The molecule has 4 nitrogen and oxygen atoms in total. The fraction of sp³-hybridized carbons (Fsp3) is 0.300. The van der Waals surface area contributed by atoms with Crippen molar-refractivity contribution in [3.05, 3.63) is 71.6 Å². The van der Waals surface area contributed by atoms with Crippen LogP contribution in [0.1, 0.15) is 46.8 Å². The number of benzene rings is 1. The summed E-state index contributed by atoms with van der Waals surface area (Å²) in [5, 5.41) is 3.62. The number of carbonyl (C=O) groups excluding carboxylic acids is 1. The predicted molar refractivity (Wildman–Crippen MR) is 93.0 cm³/mol. The quantitative estimate of drug-likeness (QED) is 0.684. The van der Waals surface area contributed by atoms with Crippen molar-refractivity contribution >= 4 is 11.7 Å². The minimum atomic E-state index is -0.268. The van der Waals surface area contributed by atoms with Crippen LogP contribution < -0.4 is 5.32 Å². The normalized spacial score (nSPS) is 24.0. The average molecular weight is 320 g/mol. The van der Waals surface area contributed by atoms with Crippen molar-refractivity contribution in [2.24, 2.45) is 5.92 Å². The van der Waals surface area contributed by atoms with Gasteiger partial charge in [0.05, 0.1) is 23.9 Å². The molecule has 0 spiro atoms. The number of pyridine rings is 1. The van der Waals surface area contributed by atoms with E-state index in [-0.39, 0.29) is 12.0 Å². The molecule has 2 heterocycles. The first kappa shape index (κ1) is 14.9. The summed E-state index contributed by atoms with van der Waals surface area (Å²) in [4.78, 5) is 16.5. The molecule has 3 unspecified atom stereocenters. The molecule has 0 fully saturated rings. The minimum absolute atomic E-state index is 0.163. The molecule has 3 atom stereocenters. The Balaban J connectivity index is 1.80. The number of nitrogens with zero attached hydrogens (tertiary/aromatic N) is 1. The molecule has 0 saturated carbocycles. The number of nitrogens with one attached hydrogen (secondary N) is 1. The Hall–Kier alpha value is -2.62. The number of aromatic nitrogens is 1. The third-order valence-corrected chi connectivity index (χ3v) is 4.96. The maximum atomic E-state index is 12.4. The molecule has 24 heavy (non-hydrogen) atoms. The van der Waals surface area contributed by atoms with Crippen LogP contribution in [-0.2, 0) is 4.74 Å². The summed E-state index contributed by atoms with van der Waals surface area (Å²) in [6, 6.07) is 10.2. The van der Waals surface area contributed by atoms with Gasteiger partial charge in [0, 0.05) is 18.3 Å². The molecular formula is C20H20N2O2. The second-order valence-corrected chi connectivity index (χ2v) is 6.25. The van der Waals surface area contributed by atoms with Crippen LogP contribution in [0.5, 0.6) is 0 Å². The van der Waals surface area contributed by atoms with Gasteiger partial charge in [-0.05, 0) is 48.6 Å². The van der Waals surface area contributed by atoms with Crippen molar-refractivity contribution in [1.82, 2.24) is 4.98 Å². The number of hydrogen-bond donors (Lipinski definition) is 1. The van der Waals surface area contributed by atoms with E-state index in [9.17, 15) is 4.79 Å². The molecule has 1 aliphatic carbocycles. The van der Waals surface area contributed by atoms with Crippen molar-refractivity contribution in [3.63, 3.8) is 0 Å². The zero-order chi connectivity index (χ0) is 16.5. The number of hydrogen-bond acceptors (Lipinski definition) is 4. The first-order valence-corrected chi connectivity index (χ1v) is 8.42. The Morgan fingerprint density at radius 3 is 2.92 bits per heavy atom. The van der Waals surface area contributed by atoms with Gasteiger partial charge in [-0.15, -0.1) is 0 Å². The summed E-state index contributed by atoms with van der Waals surface area (Å²) in [5.74, 6) is 0.516. The van der Waals surface area contributed by atoms with Gasteiger partial charge < -0.3 is 10.1 Å². The van der Waals surface area contributed by atoms with Crippen LogP contribution in [0, 0.1) is 5.92 Å². The fourth-order valence-electron chi connectivity index (χ4n) is 3.90. The minimum Gasteiger partial charge on any atom is -0.462 e. The summed E-state index contributed by atoms with van der Waals surface area (Å²) in [7, 11) is 0. The molecule has 1 N–H and O–H groups in total. The summed E-state index contributed by atoms with van der Waals surface area (Å²) in [6.45, 7) is 2.21. The number of rotatable bonds is 3. The highest BCUT2D eigenvalue weighted by Crippen LogP contribution is 2.50. The van der Waals surface area contributed by atoms with E-state index in [1.165, 1.54) is 11.1 Å². The number of carbonyl (C=O) groups is 1. The lowest BCUT2D eigenvalue weighted by Gasteiger charge is -2.38. The van der Waals surface area contributed by atoms with Crippen LogP contribution in [0.3, 0.4) is 0 Å². The second-order valence-electron chi connectivity index (χ2n) is 6.25. The zero-order valence-corrected chi connectivity index (χ0v) is 13.6. The summed E-state index contributed by atoms with van der Waals surface area (Å²) >= 11 is 0. The molecule has 2 aliphatic rings. The first-order chi connectivity index (χ1) is 11.8. The average Bonchev–Trinajstić information content (AvgIpc) is 3.11. The second kappa shape index (κ2) is 6.11. The molecular weight excluding hydrogens is 300 g/mol. The number of para-hydroxylation sites is 1. The van der Waals surface area contributed by atoms with Gasteiger partial charge in [-0.1, -0.05) is 24.3 Å². The number of fused-ring (bicyclic) bond motifs is 3. The summed E-state index contributed by atoms with van der Waals surface area (Å²) in [6.07, 6.45) is 9.20. The molecule has 1 aromatic carbocycles. The monoisotopic (exact) mass is 320 g/mol. The first-order valence-electron chi connectivity index (χ1n) is 8.42. The third-order valence-electron chi connectivity index (χ3n) is 4.96. The maximum absolute atomic E-state index is 12.4. The highest BCUT2D eigenvalue weighted by atomic mass is 16.5. The molecule has 0 amide bonds. The van der Waals surface area contributed by atoms with Crippen LogP contribution in [0.4, 0.5) is 5.69 Å². The Morgan fingerprint density at radius 2 is 2.12 bits per heavy atom. The van der Waals surface area contributed by atoms with Crippen LogP contribution in [-0.4, -0.2) is 17.6 Å². The fourth-order valence-corrected chi connectivity index (χ4v) is 3.90. The van der Waals surface area contributed by atoms with E-state index in [0.717, 1.165) is 12.1 Å². The van der Waals surface area contributed by atoms with Crippen molar-refractivity contribution in [2.45, 2.75) is 25.3 Å². The van der Waals surface area contributed by atoms with Crippen LogP contribution in [0.15, 0.2) is 54.9 Å². The van der Waals surface area contributed by atoms with Crippen LogP contribution in [0.2, 0.25) is 0 Å². The lowest BCUT2D eigenvalue weighted by atomic mass is 9.76. The van der Waals surface area contributed by atoms with Crippen LogP contribution >= 0.6 is 0 Å². The van der Waals surface area contributed by atoms with Gasteiger partial charge in [0.1, 0.15) is 0 Å². The SMILES string of the molecule is CCOC(=O)c1cccc2c1NC(c1ccncc1)C1CC=CC21. The van der Waals surface area contributed by atoms with E-state index in [1.54, 1.807) is 0 Å². The lowest BCUT2D eigenvalue weighted by molar-refractivity contribution is 0.0527. The standard InChI is InChI=1S/C20H20N2O2/c1-2-24-20(23)17-8-4-7-16-14-5-3-6-15(14)18(22-19(16)17)13-9-11-21-12-10-13/h3-5,7-12,14-15,18,22H,2,6H2,1H3. The Bertz CT molecular complexity index is 785. The Kier molecular flexibility index (Phi) is 3.81.